The van der Waals surface area contributed by atoms with Crippen molar-refractivity contribution in [3.8, 4) is 0 Å². The predicted octanol–water partition coefficient (Wildman–Crippen LogP) is -1.31. The lowest BCUT2D eigenvalue weighted by atomic mass is 9.79. The van der Waals surface area contributed by atoms with Crippen molar-refractivity contribution < 1.29 is 24.6 Å². The van der Waals surface area contributed by atoms with Crippen LogP contribution in [0.4, 0.5) is 0 Å². The largest absolute Gasteiger partial charge is 0.477 e. The zero-order valence-electron chi connectivity index (χ0n) is 15.8. The van der Waals surface area contributed by atoms with Gasteiger partial charge < -0.3 is 31.1 Å². The second-order valence-corrected chi connectivity index (χ2v) is 9.40. The van der Waals surface area contributed by atoms with Gasteiger partial charge in [-0.15, -0.1) is 11.8 Å². The molecule has 4 heterocycles. The number of carbonyl (C=O) groups excluding carboxylic acids is 2. The lowest BCUT2D eigenvalue weighted by molar-refractivity contribution is -0.163. The number of hydrogen-bond donors (Lipinski definition) is 5. The summed E-state index contributed by atoms with van der Waals surface area (Å²) >= 11 is 1.54. The number of carboxylic acids is 1. The third kappa shape index (κ3) is 3.12. The smallest absolute Gasteiger partial charge is 0.353 e. The van der Waals surface area contributed by atoms with Crippen LogP contribution in [0.25, 0.3) is 0 Å². The minimum Gasteiger partial charge on any atom is -0.477 e. The monoisotopic (exact) mass is 410 g/mol. The minimum atomic E-state index is -1.09. The normalized spacial score (nSPS) is 38.9. The van der Waals surface area contributed by atoms with Gasteiger partial charge in [0.05, 0.1) is 24.6 Å². The average molecular weight is 410 g/mol. The van der Waals surface area contributed by atoms with Crippen molar-refractivity contribution in [2.45, 2.75) is 49.7 Å². The van der Waals surface area contributed by atoms with E-state index in [9.17, 15) is 24.6 Å². The van der Waals surface area contributed by atoms with Crippen LogP contribution in [0.1, 0.15) is 20.3 Å². The molecule has 3 fully saturated rings. The number of aliphatic hydroxyl groups is 1. The zero-order valence-corrected chi connectivity index (χ0v) is 16.7. The van der Waals surface area contributed by atoms with E-state index in [2.05, 4.69) is 16.0 Å². The number of amides is 2. The number of aliphatic carboxylic acids is 1. The highest BCUT2D eigenvalue weighted by molar-refractivity contribution is 8.03. The topological polar surface area (TPSA) is 131 Å². The van der Waals surface area contributed by atoms with Gasteiger partial charge in [0.25, 0.3) is 0 Å². The van der Waals surface area contributed by atoms with Crippen LogP contribution in [0.2, 0.25) is 0 Å². The first-order valence-electron chi connectivity index (χ1n) is 9.68. The van der Waals surface area contributed by atoms with Crippen LogP contribution in [-0.2, 0) is 14.4 Å². The molecule has 4 aliphatic heterocycles. The average Bonchev–Trinajstić information content (AvgIpc) is 3.18. The number of nitrogens with one attached hydrogen (secondary N) is 3. The molecule has 0 aromatic heterocycles. The Kier molecular flexibility index (Phi) is 5.15. The summed E-state index contributed by atoms with van der Waals surface area (Å²) in [5.41, 5.74) is 0.0795. The Morgan fingerprint density at radius 2 is 2.00 bits per heavy atom. The predicted molar refractivity (Wildman–Crippen MR) is 102 cm³/mol. The number of rotatable bonds is 5. The Morgan fingerprint density at radius 1 is 1.25 bits per heavy atom. The molecule has 1 unspecified atom stereocenters. The highest BCUT2D eigenvalue weighted by Gasteiger charge is 2.60. The van der Waals surface area contributed by atoms with Crippen LogP contribution >= 0.6 is 11.8 Å². The van der Waals surface area contributed by atoms with Gasteiger partial charge in [-0.3, -0.25) is 9.59 Å². The summed E-state index contributed by atoms with van der Waals surface area (Å²) in [7, 11) is 0. The Labute approximate surface area is 167 Å². The minimum absolute atomic E-state index is 0.00179. The number of nitrogens with zero attached hydrogens (tertiary/aromatic N) is 1. The van der Waals surface area contributed by atoms with Crippen molar-refractivity contribution in [2.75, 3.05) is 19.6 Å². The quantitative estimate of drug-likeness (QED) is 0.353. The van der Waals surface area contributed by atoms with Gasteiger partial charge in [-0.25, -0.2) is 4.79 Å². The second-order valence-electron chi connectivity index (χ2n) is 8.05. The van der Waals surface area contributed by atoms with Crippen molar-refractivity contribution in [2.24, 2.45) is 11.8 Å². The van der Waals surface area contributed by atoms with Gasteiger partial charge >= 0.3 is 5.97 Å². The second kappa shape index (κ2) is 7.33. The van der Waals surface area contributed by atoms with E-state index in [0.29, 0.717) is 13.1 Å². The number of thioether (sulfide) groups is 1. The number of β-lactam (4-membered cyclic amide) rings is 1. The van der Waals surface area contributed by atoms with Crippen LogP contribution < -0.4 is 16.0 Å². The van der Waals surface area contributed by atoms with E-state index in [1.807, 2.05) is 6.92 Å². The first-order chi connectivity index (χ1) is 13.3. The summed E-state index contributed by atoms with van der Waals surface area (Å²) in [5.74, 6) is -2.04. The van der Waals surface area contributed by atoms with Gasteiger partial charge in [-0.1, -0.05) is 6.92 Å². The molecule has 154 valence electrons. The highest BCUT2D eigenvalue weighted by Crippen LogP contribution is 2.51. The fourth-order valence-electron chi connectivity index (χ4n) is 4.85. The molecule has 4 aliphatic rings. The molecule has 0 aromatic carbocycles. The number of hydrogen-bond acceptors (Lipinski definition) is 7. The van der Waals surface area contributed by atoms with Crippen LogP contribution in [0.15, 0.2) is 10.6 Å². The van der Waals surface area contributed by atoms with Crippen molar-refractivity contribution in [3.05, 3.63) is 10.6 Å². The van der Waals surface area contributed by atoms with Crippen LogP contribution in [0.3, 0.4) is 0 Å². The van der Waals surface area contributed by atoms with E-state index in [1.54, 1.807) is 6.92 Å². The Bertz CT molecular complexity index is 731. The molecule has 0 spiro atoms. The first kappa shape index (κ1) is 19.7. The Morgan fingerprint density at radius 3 is 2.61 bits per heavy atom. The standard InChI is InChI=1S/C18H26N4O5S/c1-7-14-13(8(2)23)17(25)22(14)15(18(26)27)16(7)28-9-3-10(19-4-9)11-5-21-12(24)6-20-11/h7-11,13-14,19-20,23H,3-6H2,1-2H3,(H,21,24)(H,26,27)/t7-,8-,9+,10+,11?,13-,14-/m1/s1. The summed E-state index contributed by atoms with van der Waals surface area (Å²) in [4.78, 5) is 37.7. The van der Waals surface area contributed by atoms with E-state index in [-0.39, 0.29) is 46.8 Å². The number of aliphatic hydroxyl groups excluding tert-OH is 1. The zero-order chi connectivity index (χ0) is 20.2. The molecule has 0 radical (unpaired) electrons. The lowest BCUT2D eigenvalue weighted by Crippen LogP contribution is -2.63. The van der Waals surface area contributed by atoms with Crippen LogP contribution in [-0.4, -0.2) is 82.0 Å². The SMILES string of the molecule is C[C@@H](O)[C@H]1C(=O)N2C(C(=O)O)=C(S[C@@H]3CN[C@H](C4CNC(=O)CN4)C3)[C@H](C)[C@H]12. The van der Waals surface area contributed by atoms with Crippen molar-refractivity contribution in [1.29, 1.82) is 0 Å². The van der Waals surface area contributed by atoms with Crippen molar-refractivity contribution in [3.63, 3.8) is 0 Å². The summed E-state index contributed by atoms with van der Waals surface area (Å²) in [5, 5.41) is 29.4. The molecule has 10 heteroatoms. The molecule has 5 N–H and O–H groups in total. The van der Waals surface area contributed by atoms with E-state index in [1.165, 1.54) is 16.7 Å². The van der Waals surface area contributed by atoms with Gasteiger partial charge in [0, 0.05) is 41.2 Å². The van der Waals surface area contributed by atoms with Gasteiger partial charge in [0.1, 0.15) is 5.70 Å². The molecule has 7 atom stereocenters. The molecular weight excluding hydrogens is 384 g/mol. The molecule has 9 nitrogen and oxygen atoms in total. The fourth-order valence-corrected chi connectivity index (χ4v) is 6.35. The molecule has 0 aliphatic carbocycles. The highest BCUT2D eigenvalue weighted by atomic mass is 32.2. The van der Waals surface area contributed by atoms with E-state index in [4.69, 9.17) is 0 Å². The number of carboxylic acid groups (broad SMARTS) is 1. The van der Waals surface area contributed by atoms with Gasteiger partial charge in [0.15, 0.2) is 0 Å². The lowest BCUT2D eigenvalue weighted by Gasteiger charge is -2.46. The Hall–Kier alpha value is -1.62. The molecule has 0 aromatic rings. The summed E-state index contributed by atoms with van der Waals surface area (Å²) in [6.45, 7) is 5.15. The molecule has 0 bridgehead atoms. The van der Waals surface area contributed by atoms with Gasteiger partial charge in [-0.2, -0.15) is 0 Å². The third-order valence-corrected chi connectivity index (χ3v) is 7.77. The van der Waals surface area contributed by atoms with E-state index < -0.39 is 18.0 Å². The molecule has 2 amide bonds. The van der Waals surface area contributed by atoms with Crippen molar-refractivity contribution >= 4 is 29.5 Å². The maximum absolute atomic E-state index is 12.4. The van der Waals surface area contributed by atoms with Gasteiger partial charge in [-0.05, 0) is 13.3 Å². The van der Waals surface area contributed by atoms with Crippen LogP contribution in [0.5, 0.6) is 0 Å². The van der Waals surface area contributed by atoms with Crippen molar-refractivity contribution in [1.82, 2.24) is 20.9 Å². The number of piperazine rings is 1. The first-order valence-corrected chi connectivity index (χ1v) is 10.6. The summed E-state index contributed by atoms with van der Waals surface area (Å²) < 4.78 is 0. The summed E-state index contributed by atoms with van der Waals surface area (Å²) in [6, 6.07) is 0.0763. The molecule has 4 rings (SSSR count). The molecule has 28 heavy (non-hydrogen) atoms. The summed E-state index contributed by atoms with van der Waals surface area (Å²) in [6.07, 6.45) is 0.0560. The third-order valence-electron chi connectivity index (χ3n) is 6.26. The number of carbonyl (C=O) groups is 3. The maximum atomic E-state index is 12.4. The Balaban J connectivity index is 1.46. The molecule has 0 saturated carbocycles. The van der Waals surface area contributed by atoms with Gasteiger partial charge in [0.2, 0.25) is 11.8 Å². The van der Waals surface area contributed by atoms with E-state index >= 15 is 0 Å². The molecular formula is C18H26N4O5S. The number of fused-ring (bicyclic) bond motifs is 1. The fraction of sp³-hybridized carbons (Fsp3) is 0.722. The maximum Gasteiger partial charge on any atom is 0.353 e. The van der Waals surface area contributed by atoms with E-state index in [0.717, 1.165) is 17.9 Å². The molecule has 3 saturated heterocycles. The van der Waals surface area contributed by atoms with Crippen LogP contribution in [0, 0.1) is 11.8 Å².